The summed E-state index contributed by atoms with van der Waals surface area (Å²) in [7, 11) is -3.43. The Balaban J connectivity index is 1.99. The predicted octanol–water partition coefficient (Wildman–Crippen LogP) is 1.89. The normalized spacial score (nSPS) is 11.3. The van der Waals surface area contributed by atoms with Crippen LogP contribution in [0.25, 0.3) is 0 Å². The maximum absolute atomic E-state index is 12.3. The first-order valence-corrected chi connectivity index (χ1v) is 9.25. The first-order chi connectivity index (χ1) is 11.0. The van der Waals surface area contributed by atoms with Crippen LogP contribution in [0.3, 0.4) is 0 Å². The molecule has 2 aromatic rings. The van der Waals surface area contributed by atoms with E-state index in [1.54, 1.807) is 37.6 Å². The smallest absolute Gasteiger partial charge is 0.252 e. The lowest BCUT2D eigenvalue weighted by molar-refractivity contribution is 0.0949. The van der Waals surface area contributed by atoms with Gasteiger partial charge in [0.2, 0.25) is 0 Å². The highest BCUT2D eigenvalue weighted by Crippen LogP contribution is 2.17. The predicted molar refractivity (Wildman–Crippen MR) is 88.0 cm³/mol. The van der Waals surface area contributed by atoms with E-state index in [4.69, 9.17) is 0 Å². The molecular weight excluding hydrogens is 314 g/mol. The molecule has 0 spiro atoms. The maximum Gasteiger partial charge on any atom is 0.252 e. The van der Waals surface area contributed by atoms with Gasteiger partial charge >= 0.3 is 0 Å². The van der Waals surface area contributed by atoms with Crippen molar-refractivity contribution in [2.45, 2.75) is 31.2 Å². The standard InChI is InChI=1S/C16H21N3O3S/c1-2-12-23(21,22)15-7-4-3-6-14(15)16(20)18-8-5-10-19-11-9-17-13-19/h3-4,6-7,9,11,13H,2,5,8,10,12H2,1H3,(H,18,20). The number of nitrogens with zero attached hydrogens (tertiary/aromatic N) is 2. The molecule has 1 amide bonds. The Kier molecular flexibility index (Phi) is 5.92. The summed E-state index contributed by atoms with van der Waals surface area (Å²) in [5, 5.41) is 2.78. The monoisotopic (exact) mass is 335 g/mol. The molecule has 23 heavy (non-hydrogen) atoms. The van der Waals surface area contributed by atoms with Crippen LogP contribution in [0.15, 0.2) is 47.9 Å². The fourth-order valence-corrected chi connectivity index (χ4v) is 3.82. The second kappa shape index (κ2) is 7.92. The molecule has 1 heterocycles. The molecule has 0 aliphatic heterocycles. The van der Waals surface area contributed by atoms with Crippen molar-refractivity contribution in [2.24, 2.45) is 0 Å². The van der Waals surface area contributed by atoms with Crippen molar-refractivity contribution in [1.82, 2.24) is 14.9 Å². The Labute approximate surface area is 136 Å². The molecule has 1 aromatic carbocycles. The number of hydrogen-bond donors (Lipinski definition) is 1. The van der Waals surface area contributed by atoms with Crippen LogP contribution in [0.1, 0.15) is 30.1 Å². The van der Waals surface area contributed by atoms with Crippen LogP contribution in [0, 0.1) is 0 Å². The van der Waals surface area contributed by atoms with E-state index in [-0.39, 0.29) is 22.1 Å². The second-order valence-corrected chi connectivity index (χ2v) is 7.30. The minimum Gasteiger partial charge on any atom is -0.352 e. The molecule has 2 rings (SSSR count). The molecule has 0 saturated carbocycles. The van der Waals surface area contributed by atoms with Crippen molar-refractivity contribution in [1.29, 1.82) is 0 Å². The average Bonchev–Trinajstić information content (AvgIpc) is 3.04. The van der Waals surface area contributed by atoms with Gasteiger partial charge in [-0.1, -0.05) is 19.1 Å². The summed E-state index contributed by atoms with van der Waals surface area (Å²) in [5.74, 6) is -0.316. The molecule has 1 aromatic heterocycles. The topological polar surface area (TPSA) is 81.1 Å². The van der Waals surface area contributed by atoms with Gasteiger partial charge in [0.25, 0.3) is 5.91 Å². The zero-order valence-electron chi connectivity index (χ0n) is 13.1. The number of imidazole rings is 1. The Morgan fingerprint density at radius 1 is 1.30 bits per heavy atom. The lowest BCUT2D eigenvalue weighted by Crippen LogP contribution is -2.27. The van der Waals surface area contributed by atoms with Crippen LogP contribution >= 0.6 is 0 Å². The summed E-state index contributed by atoms with van der Waals surface area (Å²) in [6.07, 6.45) is 6.53. The third kappa shape index (κ3) is 4.66. The van der Waals surface area contributed by atoms with Gasteiger partial charge in [0, 0.05) is 25.5 Å². The fourth-order valence-electron chi connectivity index (χ4n) is 2.28. The van der Waals surface area contributed by atoms with Crippen molar-refractivity contribution in [3.05, 3.63) is 48.5 Å². The number of sulfone groups is 1. The van der Waals surface area contributed by atoms with E-state index in [0.29, 0.717) is 13.0 Å². The second-order valence-electron chi connectivity index (χ2n) is 5.22. The third-order valence-corrected chi connectivity index (χ3v) is 5.35. The first-order valence-electron chi connectivity index (χ1n) is 7.60. The van der Waals surface area contributed by atoms with Gasteiger partial charge in [0.15, 0.2) is 9.84 Å². The molecule has 7 heteroatoms. The molecule has 1 N–H and O–H groups in total. The number of rotatable bonds is 8. The minimum absolute atomic E-state index is 0.0396. The molecule has 0 aliphatic carbocycles. The summed E-state index contributed by atoms with van der Waals surface area (Å²) < 4.78 is 26.4. The molecule has 0 aliphatic rings. The molecule has 0 radical (unpaired) electrons. The van der Waals surface area contributed by atoms with Crippen molar-refractivity contribution in [3.8, 4) is 0 Å². The molecule has 0 saturated heterocycles. The van der Waals surface area contributed by atoms with E-state index in [9.17, 15) is 13.2 Å². The van der Waals surface area contributed by atoms with Crippen LogP contribution in [0.4, 0.5) is 0 Å². The van der Waals surface area contributed by atoms with Gasteiger partial charge in [-0.05, 0) is 25.0 Å². The molecule has 0 fully saturated rings. The van der Waals surface area contributed by atoms with Gasteiger partial charge in [-0.25, -0.2) is 13.4 Å². The molecular formula is C16H21N3O3S. The van der Waals surface area contributed by atoms with Gasteiger partial charge in [-0.3, -0.25) is 4.79 Å². The van der Waals surface area contributed by atoms with E-state index in [0.717, 1.165) is 13.0 Å². The quantitative estimate of drug-likeness (QED) is 0.747. The zero-order chi connectivity index (χ0) is 16.7. The van der Waals surface area contributed by atoms with Crippen LogP contribution < -0.4 is 5.32 Å². The van der Waals surface area contributed by atoms with E-state index < -0.39 is 9.84 Å². The van der Waals surface area contributed by atoms with Crippen molar-refractivity contribution >= 4 is 15.7 Å². The minimum atomic E-state index is -3.43. The number of nitrogens with one attached hydrogen (secondary N) is 1. The van der Waals surface area contributed by atoms with Crippen molar-refractivity contribution < 1.29 is 13.2 Å². The number of benzene rings is 1. The van der Waals surface area contributed by atoms with E-state index in [1.165, 1.54) is 6.07 Å². The Morgan fingerprint density at radius 2 is 2.09 bits per heavy atom. The Morgan fingerprint density at radius 3 is 2.78 bits per heavy atom. The fraction of sp³-hybridized carbons (Fsp3) is 0.375. The highest BCUT2D eigenvalue weighted by atomic mass is 32.2. The zero-order valence-corrected chi connectivity index (χ0v) is 13.9. The number of carbonyl (C=O) groups is 1. The lowest BCUT2D eigenvalue weighted by Gasteiger charge is -2.10. The number of aryl methyl sites for hydroxylation is 1. The number of amides is 1. The summed E-state index contributed by atoms with van der Waals surface area (Å²) in [6.45, 7) is 3.02. The molecule has 124 valence electrons. The van der Waals surface area contributed by atoms with Crippen molar-refractivity contribution in [3.63, 3.8) is 0 Å². The Bertz CT molecular complexity index is 740. The first kappa shape index (κ1) is 17.2. The van der Waals surface area contributed by atoms with Crippen LogP contribution in [-0.4, -0.2) is 36.2 Å². The molecule has 0 atom stereocenters. The Hall–Kier alpha value is -2.15. The van der Waals surface area contributed by atoms with Crippen LogP contribution in [0.5, 0.6) is 0 Å². The highest BCUT2D eigenvalue weighted by molar-refractivity contribution is 7.91. The molecule has 0 unspecified atom stereocenters. The summed E-state index contributed by atoms with van der Waals surface area (Å²) in [5.41, 5.74) is 0.212. The third-order valence-electron chi connectivity index (χ3n) is 3.38. The SMILES string of the molecule is CCCS(=O)(=O)c1ccccc1C(=O)NCCCn1ccnc1. The highest BCUT2D eigenvalue weighted by Gasteiger charge is 2.20. The van der Waals surface area contributed by atoms with Gasteiger partial charge in [-0.15, -0.1) is 0 Å². The van der Waals surface area contributed by atoms with Crippen LogP contribution in [0.2, 0.25) is 0 Å². The van der Waals surface area contributed by atoms with Crippen LogP contribution in [-0.2, 0) is 16.4 Å². The molecule has 6 nitrogen and oxygen atoms in total. The lowest BCUT2D eigenvalue weighted by atomic mass is 10.2. The molecule has 0 bridgehead atoms. The number of hydrogen-bond acceptors (Lipinski definition) is 4. The van der Waals surface area contributed by atoms with E-state index >= 15 is 0 Å². The number of carbonyl (C=O) groups excluding carboxylic acids is 1. The van der Waals surface area contributed by atoms with Gasteiger partial charge in [0.1, 0.15) is 0 Å². The summed E-state index contributed by atoms with van der Waals surface area (Å²) in [6, 6.07) is 6.35. The summed E-state index contributed by atoms with van der Waals surface area (Å²) in [4.78, 5) is 16.3. The summed E-state index contributed by atoms with van der Waals surface area (Å²) >= 11 is 0. The van der Waals surface area contributed by atoms with E-state index in [1.807, 2.05) is 10.8 Å². The average molecular weight is 335 g/mol. The van der Waals surface area contributed by atoms with Crippen molar-refractivity contribution in [2.75, 3.05) is 12.3 Å². The van der Waals surface area contributed by atoms with E-state index in [2.05, 4.69) is 10.3 Å². The van der Waals surface area contributed by atoms with Gasteiger partial charge in [0.05, 0.1) is 22.5 Å². The number of aromatic nitrogens is 2. The van der Waals surface area contributed by atoms with Gasteiger partial charge in [-0.2, -0.15) is 0 Å². The van der Waals surface area contributed by atoms with Gasteiger partial charge < -0.3 is 9.88 Å². The maximum atomic E-state index is 12.3. The largest absolute Gasteiger partial charge is 0.352 e.